The van der Waals surface area contributed by atoms with E-state index in [1.807, 2.05) is 12.1 Å². The van der Waals surface area contributed by atoms with Crippen LogP contribution in [-0.4, -0.2) is 0 Å². The zero-order valence-electron chi connectivity index (χ0n) is 10.4. The first-order valence-corrected chi connectivity index (χ1v) is 6.33. The van der Waals surface area contributed by atoms with Crippen molar-refractivity contribution in [1.29, 1.82) is 0 Å². The highest BCUT2D eigenvalue weighted by Gasteiger charge is 2.32. The van der Waals surface area contributed by atoms with Gasteiger partial charge in [0.05, 0.1) is 0 Å². The minimum Gasteiger partial charge on any atom is -0.484 e. The molecule has 1 aliphatic rings. The van der Waals surface area contributed by atoms with E-state index in [1.165, 1.54) is 11.1 Å². The van der Waals surface area contributed by atoms with Crippen LogP contribution in [0.5, 0.6) is 5.75 Å². The molecule has 2 aromatic rings. The summed E-state index contributed by atoms with van der Waals surface area (Å²) < 4.78 is 6.11. The molecule has 0 radical (unpaired) electrons. The fourth-order valence-electron chi connectivity index (χ4n) is 2.57. The van der Waals surface area contributed by atoms with Crippen LogP contribution in [0.15, 0.2) is 66.7 Å². The Morgan fingerprint density at radius 3 is 2.44 bits per heavy atom. The maximum Gasteiger partial charge on any atom is 0.134 e. The molecular formula is C17H16O. The number of ether oxygens (including phenoxy) is 1. The van der Waals surface area contributed by atoms with Gasteiger partial charge < -0.3 is 4.74 Å². The van der Waals surface area contributed by atoms with Gasteiger partial charge in [-0.15, -0.1) is 0 Å². The van der Waals surface area contributed by atoms with Crippen molar-refractivity contribution in [2.75, 3.05) is 0 Å². The lowest BCUT2D eigenvalue weighted by atomic mass is 9.91. The maximum atomic E-state index is 6.11. The Hall–Kier alpha value is -2.02. The molecule has 90 valence electrons. The van der Waals surface area contributed by atoms with Gasteiger partial charge in [0.15, 0.2) is 0 Å². The predicted molar refractivity (Wildman–Crippen MR) is 73.8 cm³/mol. The highest BCUT2D eigenvalue weighted by molar-refractivity contribution is 5.45. The molecule has 0 aromatic heterocycles. The van der Waals surface area contributed by atoms with Gasteiger partial charge in [0.25, 0.3) is 0 Å². The van der Waals surface area contributed by atoms with Crippen LogP contribution in [0.2, 0.25) is 0 Å². The topological polar surface area (TPSA) is 9.23 Å². The van der Waals surface area contributed by atoms with Crippen LogP contribution in [0, 0.1) is 0 Å². The van der Waals surface area contributed by atoms with Crippen LogP contribution < -0.4 is 4.74 Å². The van der Waals surface area contributed by atoms with E-state index in [9.17, 15) is 0 Å². The summed E-state index contributed by atoms with van der Waals surface area (Å²) in [5.41, 5.74) is 2.52. The Bertz CT molecular complexity index is 557. The monoisotopic (exact) mass is 236 g/mol. The lowest BCUT2D eigenvalue weighted by molar-refractivity contribution is 0.225. The molecule has 0 amide bonds. The van der Waals surface area contributed by atoms with E-state index in [2.05, 4.69) is 61.5 Å². The molecule has 2 aromatic carbocycles. The lowest BCUT2D eigenvalue weighted by Gasteiger charge is -2.16. The zero-order valence-corrected chi connectivity index (χ0v) is 10.4. The van der Waals surface area contributed by atoms with Crippen molar-refractivity contribution in [3.63, 3.8) is 0 Å². The van der Waals surface area contributed by atoms with Crippen molar-refractivity contribution in [1.82, 2.24) is 0 Å². The molecule has 1 aliphatic heterocycles. The molecular weight excluding hydrogens is 220 g/mol. The Balaban J connectivity index is 2.03. The van der Waals surface area contributed by atoms with Gasteiger partial charge in [0.1, 0.15) is 11.9 Å². The van der Waals surface area contributed by atoms with Gasteiger partial charge in [-0.2, -0.15) is 0 Å². The molecule has 18 heavy (non-hydrogen) atoms. The number of benzene rings is 2. The molecule has 0 saturated heterocycles. The van der Waals surface area contributed by atoms with Crippen molar-refractivity contribution in [3.05, 3.63) is 77.9 Å². The van der Waals surface area contributed by atoms with E-state index in [0.717, 1.165) is 5.75 Å². The molecule has 1 nitrogen and oxygen atoms in total. The molecule has 0 spiro atoms. The van der Waals surface area contributed by atoms with Crippen LogP contribution in [0.25, 0.3) is 0 Å². The quantitative estimate of drug-likeness (QED) is 0.698. The van der Waals surface area contributed by atoms with Crippen molar-refractivity contribution in [2.45, 2.75) is 18.9 Å². The molecule has 0 aliphatic carbocycles. The second-order valence-electron chi connectivity index (χ2n) is 4.54. The van der Waals surface area contributed by atoms with Crippen molar-refractivity contribution in [2.24, 2.45) is 0 Å². The summed E-state index contributed by atoms with van der Waals surface area (Å²) in [6.07, 6.45) is 4.43. The highest BCUT2D eigenvalue weighted by Crippen LogP contribution is 2.46. The molecule has 2 atom stereocenters. The fourth-order valence-corrected chi connectivity index (χ4v) is 2.57. The van der Waals surface area contributed by atoms with E-state index < -0.39 is 0 Å². The molecule has 0 fully saturated rings. The maximum absolute atomic E-state index is 6.11. The fraction of sp³-hybridized carbons (Fsp3) is 0.176. The molecule has 3 rings (SSSR count). The minimum absolute atomic E-state index is 0.0970. The van der Waals surface area contributed by atoms with Crippen LogP contribution in [0.3, 0.4) is 0 Å². The number of rotatable bonds is 2. The van der Waals surface area contributed by atoms with Crippen molar-refractivity contribution < 1.29 is 4.74 Å². The van der Waals surface area contributed by atoms with E-state index >= 15 is 0 Å². The second kappa shape index (κ2) is 4.69. The van der Waals surface area contributed by atoms with Crippen LogP contribution >= 0.6 is 0 Å². The summed E-state index contributed by atoms with van der Waals surface area (Å²) in [4.78, 5) is 0. The van der Waals surface area contributed by atoms with Gasteiger partial charge in [-0.05, 0) is 18.6 Å². The number of hydrogen-bond donors (Lipinski definition) is 0. The van der Waals surface area contributed by atoms with E-state index in [4.69, 9.17) is 4.74 Å². The number of fused-ring (bicyclic) bond motifs is 1. The zero-order chi connectivity index (χ0) is 12.4. The summed E-state index contributed by atoms with van der Waals surface area (Å²) in [5, 5.41) is 0. The first-order chi connectivity index (χ1) is 8.90. The highest BCUT2D eigenvalue weighted by atomic mass is 16.5. The average Bonchev–Trinajstić information content (AvgIpc) is 2.80. The SMILES string of the molecule is C/C=C/C1c2ccccc2OC1c1ccccc1. The Kier molecular flexibility index (Phi) is 2.89. The van der Waals surface area contributed by atoms with E-state index in [-0.39, 0.29) is 6.10 Å². The molecule has 0 saturated carbocycles. The third-order valence-corrected chi connectivity index (χ3v) is 3.39. The van der Waals surface area contributed by atoms with Crippen LogP contribution in [-0.2, 0) is 0 Å². The van der Waals surface area contributed by atoms with Gasteiger partial charge >= 0.3 is 0 Å². The summed E-state index contributed by atoms with van der Waals surface area (Å²) in [6.45, 7) is 2.06. The third kappa shape index (κ3) is 1.82. The lowest BCUT2D eigenvalue weighted by Crippen LogP contribution is -2.07. The molecule has 1 heterocycles. The smallest absolute Gasteiger partial charge is 0.134 e. The molecule has 0 bridgehead atoms. The number of para-hydroxylation sites is 1. The van der Waals surface area contributed by atoms with E-state index in [1.54, 1.807) is 0 Å². The summed E-state index contributed by atoms with van der Waals surface area (Å²) in [6, 6.07) is 18.7. The van der Waals surface area contributed by atoms with Gasteiger partial charge in [-0.1, -0.05) is 60.7 Å². The van der Waals surface area contributed by atoms with Crippen molar-refractivity contribution in [3.8, 4) is 5.75 Å². The van der Waals surface area contributed by atoms with E-state index in [0.29, 0.717) is 5.92 Å². The van der Waals surface area contributed by atoms with Crippen LogP contribution in [0.1, 0.15) is 30.1 Å². The Morgan fingerprint density at radius 2 is 1.67 bits per heavy atom. The first-order valence-electron chi connectivity index (χ1n) is 6.33. The minimum atomic E-state index is 0.0970. The summed E-state index contributed by atoms with van der Waals surface area (Å²) in [5.74, 6) is 1.32. The summed E-state index contributed by atoms with van der Waals surface area (Å²) in [7, 11) is 0. The van der Waals surface area contributed by atoms with Gasteiger partial charge in [0.2, 0.25) is 0 Å². The number of hydrogen-bond acceptors (Lipinski definition) is 1. The predicted octanol–water partition coefficient (Wildman–Crippen LogP) is 4.48. The standard InChI is InChI=1S/C17H16O/c1-2-8-15-14-11-6-7-12-16(14)18-17(15)13-9-4-3-5-10-13/h2-12,15,17H,1H3/b8-2+. The third-order valence-electron chi connectivity index (χ3n) is 3.39. The average molecular weight is 236 g/mol. The number of allylic oxidation sites excluding steroid dienone is 1. The largest absolute Gasteiger partial charge is 0.484 e. The van der Waals surface area contributed by atoms with Gasteiger partial charge in [0, 0.05) is 11.5 Å². The molecule has 1 heteroatoms. The Morgan fingerprint density at radius 1 is 0.944 bits per heavy atom. The van der Waals surface area contributed by atoms with Crippen molar-refractivity contribution >= 4 is 0 Å². The second-order valence-corrected chi connectivity index (χ2v) is 4.54. The molecule has 0 N–H and O–H groups in total. The van der Waals surface area contributed by atoms with Gasteiger partial charge in [-0.25, -0.2) is 0 Å². The summed E-state index contributed by atoms with van der Waals surface area (Å²) >= 11 is 0. The van der Waals surface area contributed by atoms with Crippen LogP contribution in [0.4, 0.5) is 0 Å². The Labute approximate surface area is 108 Å². The van der Waals surface area contributed by atoms with Gasteiger partial charge in [-0.3, -0.25) is 0 Å². The molecule has 2 unspecified atom stereocenters. The normalized spacial score (nSPS) is 21.8. The first kappa shape index (κ1) is 11.1.